The summed E-state index contributed by atoms with van der Waals surface area (Å²) < 4.78 is 0. The summed E-state index contributed by atoms with van der Waals surface area (Å²) in [5.74, 6) is 0. The highest BCUT2D eigenvalue weighted by Crippen LogP contribution is 2.23. The van der Waals surface area contributed by atoms with Crippen molar-refractivity contribution >= 4 is 16.5 Å². The van der Waals surface area contributed by atoms with E-state index in [1.165, 1.54) is 23.0 Å². The molecule has 0 bridgehead atoms. The average Bonchev–Trinajstić information content (AvgIpc) is 2.62. The Bertz CT molecular complexity index is 326. The first-order valence-corrected chi connectivity index (χ1v) is 6.64. The minimum atomic E-state index is 0.922. The van der Waals surface area contributed by atoms with E-state index < -0.39 is 0 Å². The molecule has 1 N–H and O–H groups in total. The molecule has 2 rings (SSSR count). The number of anilines is 1. The quantitative estimate of drug-likeness (QED) is 0.854. The average molecular weight is 240 g/mol. The topological polar surface area (TPSA) is 31.4 Å². The zero-order valence-electron chi connectivity index (χ0n) is 10.1. The molecule has 1 aromatic rings. The molecule has 4 nitrogen and oxygen atoms in total. The third-order valence-electron chi connectivity index (χ3n) is 2.88. The van der Waals surface area contributed by atoms with Crippen LogP contribution in [0.1, 0.15) is 11.3 Å². The molecule has 0 unspecified atom stereocenters. The van der Waals surface area contributed by atoms with E-state index in [0.717, 1.165) is 26.2 Å². The van der Waals surface area contributed by atoms with Crippen LogP contribution in [0.25, 0.3) is 0 Å². The van der Waals surface area contributed by atoms with Gasteiger partial charge in [0.05, 0.1) is 0 Å². The van der Waals surface area contributed by atoms with E-state index in [0.29, 0.717) is 0 Å². The van der Waals surface area contributed by atoms with Crippen molar-refractivity contribution in [1.82, 2.24) is 15.2 Å². The Morgan fingerprint density at radius 3 is 3.06 bits per heavy atom. The summed E-state index contributed by atoms with van der Waals surface area (Å²) in [7, 11) is 4.16. The number of hydrogen-bond acceptors (Lipinski definition) is 5. The first-order valence-electron chi connectivity index (χ1n) is 5.82. The Balaban J connectivity index is 1.99. The largest absolute Gasteiger partial charge is 0.347 e. The molecule has 1 aliphatic heterocycles. The lowest BCUT2D eigenvalue weighted by Crippen LogP contribution is -2.28. The smallest absolute Gasteiger partial charge is 0.185 e. The lowest BCUT2D eigenvalue weighted by atomic mass is 10.4. The molecule has 0 aromatic carbocycles. The van der Waals surface area contributed by atoms with Crippen molar-refractivity contribution in [3.8, 4) is 0 Å². The van der Waals surface area contributed by atoms with Gasteiger partial charge >= 0.3 is 0 Å². The van der Waals surface area contributed by atoms with Gasteiger partial charge in [0.2, 0.25) is 0 Å². The van der Waals surface area contributed by atoms with Gasteiger partial charge in [0.25, 0.3) is 0 Å². The van der Waals surface area contributed by atoms with E-state index in [1.807, 2.05) is 24.6 Å². The maximum atomic E-state index is 4.51. The Kier molecular flexibility index (Phi) is 4.15. The molecule has 16 heavy (non-hydrogen) atoms. The second-order valence-corrected chi connectivity index (χ2v) is 5.38. The SMILES string of the molecule is CNCc1cnc(N2CCCN(C)CC2)s1. The molecule has 1 saturated heterocycles. The molecule has 0 radical (unpaired) electrons. The maximum absolute atomic E-state index is 4.51. The van der Waals surface area contributed by atoms with Gasteiger partial charge in [-0.15, -0.1) is 11.3 Å². The standard InChI is InChI=1S/C11H20N4S/c1-12-8-10-9-13-11(16-10)15-5-3-4-14(2)6-7-15/h9,12H,3-8H2,1-2H3. The molecule has 0 spiro atoms. The lowest BCUT2D eigenvalue weighted by molar-refractivity contribution is 0.360. The van der Waals surface area contributed by atoms with Crippen LogP contribution in [-0.4, -0.2) is 50.2 Å². The molecule has 0 atom stereocenters. The molecule has 0 aliphatic carbocycles. The van der Waals surface area contributed by atoms with Crippen LogP contribution in [0.5, 0.6) is 0 Å². The van der Waals surface area contributed by atoms with E-state index in [-0.39, 0.29) is 0 Å². The second-order valence-electron chi connectivity index (χ2n) is 4.28. The van der Waals surface area contributed by atoms with E-state index in [2.05, 4.69) is 27.1 Å². The minimum Gasteiger partial charge on any atom is -0.347 e. The van der Waals surface area contributed by atoms with Gasteiger partial charge in [-0.05, 0) is 27.1 Å². The molecule has 1 aliphatic rings. The number of nitrogens with one attached hydrogen (secondary N) is 1. The minimum absolute atomic E-state index is 0.922. The predicted molar refractivity (Wildman–Crippen MR) is 69.2 cm³/mol. The van der Waals surface area contributed by atoms with Gasteiger partial charge in [0.15, 0.2) is 5.13 Å². The zero-order valence-corrected chi connectivity index (χ0v) is 10.9. The summed E-state index contributed by atoms with van der Waals surface area (Å²) in [6, 6.07) is 0. The van der Waals surface area contributed by atoms with Gasteiger partial charge < -0.3 is 15.1 Å². The molecule has 90 valence electrons. The van der Waals surface area contributed by atoms with Crippen LogP contribution in [-0.2, 0) is 6.54 Å². The highest BCUT2D eigenvalue weighted by atomic mass is 32.1. The van der Waals surface area contributed by atoms with Crippen molar-refractivity contribution in [2.45, 2.75) is 13.0 Å². The summed E-state index contributed by atoms with van der Waals surface area (Å²) in [5.41, 5.74) is 0. The molecule has 5 heteroatoms. The van der Waals surface area contributed by atoms with Crippen LogP contribution in [0.3, 0.4) is 0 Å². The molecule has 2 heterocycles. The predicted octanol–water partition coefficient (Wildman–Crippen LogP) is 1.00. The van der Waals surface area contributed by atoms with Crippen molar-refractivity contribution in [3.63, 3.8) is 0 Å². The fraction of sp³-hybridized carbons (Fsp3) is 0.727. The van der Waals surface area contributed by atoms with Crippen molar-refractivity contribution in [1.29, 1.82) is 0 Å². The van der Waals surface area contributed by atoms with E-state index in [9.17, 15) is 0 Å². The first-order chi connectivity index (χ1) is 7.79. The van der Waals surface area contributed by atoms with Crippen LogP contribution >= 0.6 is 11.3 Å². The van der Waals surface area contributed by atoms with Gasteiger partial charge in [-0.25, -0.2) is 4.98 Å². The fourth-order valence-electron chi connectivity index (χ4n) is 1.94. The molecule has 0 saturated carbocycles. The van der Waals surface area contributed by atoms with Crippen LogP contribution in [0.15, 0.2) is 6.20 Å². The first kappa shape index (κ1) is 11.8. The summed E-state index contributed by atoms with van der Waals surface area (Å²) in [6.07, 6.45) is 3.22. The third kappa shape index (κ3) is 2.93. The number of likely N-dealkylation sites (N-methyl/N-ethyl adjacent to an activating group) is 1. The van der Waals surface area contributed by atoms with E-state index >= 15 is 0 Å². The van der Waals surface area contributed by atoms with Crippen LogP contribution in [0, 0.1) is 0 Å². The number of nitrogens with zero attached hydrogens (tertiary/aromatic N) is 3. The molecule has 1 fully saturated rings. The monoisotopic (exact) mass is 240 g/mol. The molecular weight excluding hydrogens is 220 g/mol. The molecule has 1 aromatic heterocycles. The molecular formula is C11H20N4S. The van der Waals surface area contributed by atoms with Gasteiger partial charge in [0.1, 0.15) is 0 Å². The normalized spacial score (nSPS) is 18.8. The van der Waals surface area contributed by atoms with Crippen LogP contribution in [0.4, 0.5) is 5.13 Å². The summed E-state index contributed by atoms with van der Waals surface area (Å²) in [4.78, 5) is 10.6. The van der Waals surface area contributed by atoms with E-state index in [4.69, 9.17) is 0 Å². The highest BCUT2D eigenvalue weighted by molar-refractivity contribution is 7.15. The Morgan fingerprint density at radius 1 is 1.38 bits per heavy atom. The Hall–Kier alpha value is -0.650. The van der Waals surface area contributed by atoms with Crippen molar-refractivity contribution in [2.24, 2.45) is 0 Å². The third-order valence-corrected chi connectivity index (χ3v) is 3.94. The lowest BCUT2D eigenvalue weighted by Gasteiger charge is -2.19. The zero-order chi connectivity index (χ0) is 11.4. The summed E-state index contributed by atoms with van der Waals surface area (Å²) in [6.45, 7) is 5.50. The maximum Gasteiger partial charge on any atom is 0.185 e. The number of aromatic nitrogens is 1. The van der Waals surface area contributed by atoms with Crippen molar-refractivity contribution in [3.05, 3.63) is 11.1 Å². The number of rotatable bonds is 3. The van der Waals surface area contributed by atoms with Gasteiger partial charge in [-0.3, -0.25) is 0 Å². The second kappa shape index (κ2) is 5.61. The number of hydrogen-bond donors (Lipinski definition) is 1. The summed E-state index contributed by atoms with van der Waals surface area (Å²) in [5, 5.41) is 4.34. The van der Waals surface area contributed by atoms with Crippen LogP contribution in [0.2, 0.25) is 0 Å². The van der Waals surface area contributed by atoms with Gasteiger partial charge in [-0.1, -0.05) is 0 Å². The molecule has 0 amide bonds. The Morgan fingerprint density at radius 2 is 2.25 bits per heavy atom. The number of thiazole rings is 1. The van der Waals surface area contributed by atoms with E-state index in [1.54, 1.807) is 0 Å². The van der Waals surface area contributed by atoms with Crippen molar-refractivity contribution < 1.29 is 0 Å². The van der Waals surface area contributed by atoms with Crippen LogP contribution < -0.4 is 10.2 Å². The fourth-order valence-corrected chi connectivity index (χ4v) is 2.91. The highest BCUT2D eigenvalue weighted by Gasteiger charge is 2.15. The van der Waals surface area contributed by atoms with Gasteiger partial charge in [-0.2, -0.15) is 0 Å². The Labute approximate surface area is 101 Å². The van der Waals surface area contributed by atoms with Crippen molar-refractivity contribution in [2.75, 3.05) is 45.2 Å². The summed E-state index contributed by atoms with van der Waals surface area (Å²) >= 11 is 1.81. The van der Waals surface area contributed by atoms with Gasteiger partial charge in [0, 0.05) is 37.3 Å².